The number of amides is 1. The van der Waals surface area contributed by atoms with Gasteiger partial charge in [0.25, 0.3) is 0 Å². The second kappa shape index (κ2) is 10.9. The first kappa shape index (κ1) is 23.5. The summed E-state index contributed by atoms with van der Waals surface area (Å²) in [5.74, 6) is -1.79. The molecule has 1 aromatic carbocycles. The normalized spacial score (nSPS) is 15.6. The third-order valence-electron chi connectivity index (χ3n) is 5.38. The van der Waals surface area contributed by atoms with Crippen molar-refractivity contribution in [3.05, 3.63) is 54.4 Å². The summed E-state index contributed by atoms with van der Waals surface area (Å²) in [5.41, 5.74) is -0.585. The van der Waals surface area contributed by atoms with Gasteiger partial charge in [0.05, 0.1) is 6.61 Å². The molecule has 1 aliphatic heterocycles. The maximum absolute atomic E-state index is 13.6. The van der Waals surface area contributed by atoms with Crippen LogP contribution in [0.15, 0.2) is 47.6 Å². The number of halogens is 2. The molecule has 168 valence electrons. The van der Waals surface area contributed by atoms with Crippen LogP contribution in [0.5, 0.6) is 5.75 Å². The molecule has 3 rings (SSSR count). The number of nitrogens with zero attached hydrogens (tertiary/aromatic N) is 2. The minimum absolute atomic E-state index is 0.00272. The number of pyridine rings is 1. The summed E-state index contributed by atoms with van der Waals surface area (Å²) < 4.78 is 34.8. The molecule has 0 atom stereocenters. The summed E-state index contributed by atoms with van der Waals surface area (Å²) in [5, 5.41) is 3.17. The van der Waals surface area contributed by atoms with Crippen LogP contribution in [0.3, 0.4) is 0 Å². The van der Waals surface area contributed by atoms with E-state index in [9.17, 15) is 13.6 Å². The van der Waals surface area contributed by atoms with Crippen molar-refractivity contribution in [2.75, 3.05) is 19.7 Å². The zero-order chi connectivity index (χ0) is 22.3. The topological polar surface area (TPSA) is 54.5 Å². The quantitative estimate of drug-likeness (QED) is 0.439. The number of hydrogen-bond donors (Lipinski definition) is 1. The van der Waals surface area contributed by atoms with Crippen LogP contribution in [0.1, 0.15) is 39.5 Å². The molecule has 1 fully saturated rings. The van der Waals surface area contributed by atoms with Gasteiger partial charge in [-0.15, -0.1) is 0 Å². The van der Waals surface area contributed by atoms with Crippen molar-refractivity contribution >= 4 is 17.9 Å². The number of carbonyl (C=O) groups excluding carboxylic acids is 1. The highest BCUT2D eigenvalue weighted by molar-refractivity contribution is 7.97. The summed E-state index contributed by atoms with van der Waals surface area (Å²) in [6.45, 7) is 5.72. The van der Waals surface area contributed by atoms with Crippen LogP contribution in [0, 0.1) is 17.0 Å². The molecule has 2 heterocycles. The molecule has 0 bridgehead atoms. The van der Waals surface area contributed by atoms with Crippen LogP contribution in [-0.4, -0.2) is 40.9 Å². The summed E-state index contributed by atoms with van der Waals surface area (Å²) in [6.07, 6.45) is 6.48. The molecule has 2 aromatic rings. The standard InChI is InChI=1S/C23H29F2N3O2S/c1-23(2,11-5-15-30-21-19(24)7-3-8-20(21)25)22(29)27-17-9-13-28(14-10-17)31-18-6-4-12-26-16-18/h3-4,6-8,12,16-17H,5,9-11,13-15H2,1-2H3,(H,27,29). The molecule has 1 amide bonds. The van der Waals surface area contributed by atoms with Gasteiger partial charge in [0.15, 0.2) is 17.4 Å². The second-order valence-electron chi connectivity index (χ2n) is 8.34. The van der Waals surface area contributed by atoms with Crippen molar-refractivity contribution in [1.82, 2.24) is 14.6 Å². The van der Waals surface area contributed by atoms with E-state index in [2.05, 4.69) is 14.6 Å². The van der Waals surface area contributed by atoms with Gasteiger partial charge in [-0.2, -0.15) is 0 Å². The first-order valence-electron chi connectivity index (χ1n) is 10.6. The molecule has 8 heteroatoms. The molecule has 5 nitrogen and oxygen atoms in total. The first-order valence-corrected chi connectivity index (χ1v) is 11.3. The molecular weight excluding hydrogens is 420 g/mol. The third-order valence-corrected chi connectivity index (χ3v) is 6.46. The molecule has 0 spiro atoms. The van der Waals surface area contributed by atoms with Gasteiger partial charge in [-0.1, -0.05) is 19.9 Å². The lowest BCUT2D eigenvalue weighted by atomic mass is 9.86. The third kappa shape index (κ3) is 6.90. The average molecular weight is 450 g/mol. The van der Waals surface area contributed by atoms with E-state index in [1.165, 1.54) is 6.07 Å². The Bertz CT molecular complexity index is 839. The zero-order valence-electron chi connectivity index (χ0n) is 17.9. The van der Waals surface area contributed by atoms with Gasteiger partial charge >= 0.3 is 0 Å². The van der Waals surface area contributed by atoms with Crippen LogP contribution < -0.4 is 10.1 Å². The lowest BCUT2D eigenvalue weighted by Crippen LogP contribution is -2.47. The largest absolute Gasteiger partial charge is 0.488 e. The average Bonchev–Trinajstić information content (AvgIpc) is 2.75. The van der Waals surface area contributed by atoms with Crippen LogP contribution in [-0.2, 0) is 4.79 Å². The highest BCUT2D eigenvalue weighted by Crippen LogP contribution is 2.28. The minimum Gasteiger partial charge on any atom is -0.488 e. The van der Waals surface area contributed by atoms with E-state index in [1.807, 2.05) is 32.2 Å². The fourth-order valence-corrected chi connectivity index (χ4v) is 4.38. The predicted molar refractivity (Wildman–Crippen MR) is 118 cm³/mol. The molecule has 0 aliphatic carbocycles. The van der Waals surface area contributed by atoms with Crippen LogP contribution in [0.4, 0.5) is 8.78 Å². The Balaban J connectivity index is 1.38. The van der Waals surface area contributed by atoms with Gasteiger partial charge in [0.1, 0.15) is 0 Å². The number of ether oxygens (including phenoxy) is 1. The molecule has 1 aromatic heterocycles. The van der Waals surface area contributed by atoms with Crippen LogP contribution in [0.25, 0.3) is 0 Å². The Labute approximate surface area is 186 Å². The van der Waals surface area contributed by atoms with Crippen molar-refractivity contribution in [2.24, 2.45) is 5.41 Å². The van der Waals surface area contributed by atoms with E-state index in [0.717, 1.165) is 43.0 Å². The van der Waals surface area contributed by atoms with Crippen LogP contribution >= 0.6 is 11.9 Å². The van der Waals surface area contributed by atoms with Gasteiger partial charge in [0, 0.05) is 41.8 Å². The number of piperidine rings is 1. The van der Waals surface area contributed by atoms with Gasteiger partial charge < -0.3 is 10.1 Å². The number of rotatable bonds is 9. The van der Waals surface area contributed by atoms with Gasteiger partial charge in [-0.25, -0.2) is 13.1 Å². The Morgan fingerprint density at radius 3 is 2.58 bits per heavy atom. The number of carbonyl (C=O) groups is 1. The number of para-hydroxylation sites is 1. The predicted octanol–water partition coefficient (Wildman–Crippen LogP) is 4.83. The van der Waals surface area contributed by atoms with Gasteiger partial charge in [-0.3, -0.25) is 9.78 Å². The Morgan fingerprint density at radius 1 is 1.23 bits per heavy atom. The van der Waals surface area contributed by atoms with E-state index < -0.39 is 17.0 Å². The Morgan fingerprint density at radius 2 is 1.94 bits per heavy atom. The summed E-state index contributed by atoms with van der Waals surface area (Å²) in [7, 11) is 0. The second-order valence-corrected chi connectivity index (χ2v) is 9.51. The van der Waals surface area contributed by atoms with Crippen molar-refractivity contribution in [2.45, 2.75) is 50.5 Å². The smallest absolute Gasteiger partial charge is 0.225 e. The molecular formula is C23H29F2N3O2S. The molecule has 1 aliphatic rings. The maximum atomic E-state index is 13.6. The molecule has 1 N–H and O–H groups in total. The number of aromatic nitrogens is 1. The molecule has 31 heavy (non-hydrogen) atoms. The van der Waals surface area contributed by atoms with E-state index in [0.29, 0.717) is 12.8 Å². The number of hydrogen-bond acceptors (Lipinski definition) is 5. The molecule has 0 saturated carbocycles. The number of nitrogens with one attached hydrogen (secondary N) is 1. The van der Waals surface area contributed by atoms with Crippen molar-refractivity contribution in [3.8, 4) is 5.75 Å². The lowest BCUT2D eigenvalue weighted by Gasteiger charge is -2.33. The van der Waals surface area contributed by atoms with E-state index in [-0.39, 0.29) is 24.3 Å². The summed E-state index contributed by atoms with van der Waals surface area (Å²) >= 11 is 1.70. The summed E-state index contributed by atoms with van der Waals surface area (Å²) in [6, 6.07) is 7.74. The fourth-order valence-electron chi connectivity index (χ4n) is 3.44. The molecule has 0 unspecified atom stereocenters. The van der Waals surface area contributed by atoms with Gasteiger partial charge in [0.2, 0.25) is 5.91 Å². The zero-order valence-corrected chi connectivity index (χ0v) is 18.8. The lowest BCUT2D eigenvalue weighted by molar-refractivity contribution is -0.130. The van der Waals surface area contributed by atoms with E-state index in [1.54, 1.807) is 18.1 Å². The van der Waals surface area contributed by atoms with E-state index in [4.69, 9.17) is 4.74 Å². The maximum Gasteiger partial charge on any atom is 0.225 e. The molecule has 0 radical (unpaired) electrons. The SMILES string of the molecule is CC(C)(CCCOc1c(F)cccc1F)C(=O)NC1CCN(Sc2cccnc2)CC1. The first-order chi connectivity index (χ1) is 14.8. The highest BCUT2D eigenvalue weighted by Gasteiger charge is 2.30. The summed E-state index contributed by atoms with van der Waals surface area (Å²) in [4.78, 5) is 18.0. The minimum atomic E-state index is -0.718. The molecule has 1 saturated heterocycles. The highest BCUT2D eigenvalue weighted by atomic mass is 32.2. The van der Waals surface area contributed by atoms with Crippen molar-refractivity contribution < 1.29 is 18.3 Å². The fraction of sp³-hybridized carbons (Fsp3) is 0.478. The van der Waals surface area contributed by atoms with Crippen LogP contribution in [0.2, 0.25) is 0 Å². The van der Waals surface area contributed by atoms with Gasteiger partial charge in [-0.05, 0) is 61.9 Å². The Hall–Kier alpha value is -2.19. The van der Waals surface area contributed by atoms with Crippen molar-refractivity contribution in [3.63, 3.8) is 0 Å². The van der Waals surface area contributed by atoms with Crippen molar-refractivity contribution in [1.29, 1.82) is 0 Å². The number of benzene rings is 1. The van der Waals surface area contributed by atoms with E-state index >= 15 is 0 Å². The Kier molecular flexibility index (Phi) is 8.26. The monoisotopic (exact) mass is 449 g/mol.